The van der Waals surface area contributed by atoms with Gasteiger partial charge in [-0.2, -0.15) is 0 Å². The highest BCUT2D eigenvalue weighted by molar-refractivity contribution is 6.60. The molecule has 27 heavy (non-hydrogen) atoms. The highest BCUT2D eigenvalue weighted by Crippen LogP contribution is 2.33. The molecule has 0 unspecified atom stereocenters. The molecule has 1 aliphatic rings. The van der Waals surface area contributed by atoms with Crippen LogP contribution in [0.3, 0.4) is 0 Å². The molecule has 8 nitrogen and oxygen atoms in total. The summed E-state index contributed by atoms with van der Waals surface area (Å²) in [5.74, 6) is -5.19. The monoisotopic (exact) mass is 368 g/mol. The number of nitrogens with one attached hydrogen (secondary N) is 1. The standard InChI is InChI=1S/C19H16N2O6/c1-26-13-9-5-3-7-11(13)20-17(23)15-16(22)19(25)21(18(15)24)12-8-4-6-10-14(12)27-2/h3-10,15H,1-2H3,(H,20,23)/t15-/m1/s1. The van der Waals surface area contributed by atoms with Crippen molar-refractivity contribution in [3.8, 4) is 11.5 Å². The molecule has 1 heterocycles. The highest BCUT2D eigenvalue weighted by atomic mass is 16.5. The van der Waals surface area contributed by atoms with Gasteiger partial charge in [0, 0.05) is 0 Å². The maximum atomic E-state index is 12.7. The van der Waals surface area contributed by atoms with Crippen LogP contribution in [0.5, 0.6) is 11.5 Å². The number of hydrogen-bond acceptors (Lipinski definition) is 6. The van der Waals surface area contributed by atoms with Crippen LogP contribution in [0.15, 0.2) is 48.5 Å². The number of nitrogens with zero attached hydrogens (tertiary/aromatic N) is 1. The van der Waals surface area contributed by atoms with Crippen molar-refractivity contribution in [1.29, 1.82) is 0 Å². The van der Waals surface area contributed by atoms with Gasteiger partial charge in [-0.1, -0.05) is 24.3 Å². The van der Waals surface area contributed by atoms with E-state index in [2.05, 4.69) is 5.32 Å². The molecule has 1 atom stereocenters. The number of Topliss-reactive ketones (excluding diaryl/α,β-unsaturated/α-hetero) is 1. The second kappa shape index (κ2) is 7.28. The fourth-order valence-electron chi connectivity index (χ4n) is 2.80. The Morgan fingerprint density at radius 2 is 1.52 bits per heavy atom. The van der Waals surface area contributed by atoms with E-state index in [0.29, 0.717) is 10.6 Å². The lowest BCUT2D eigenvalue weighted by Gasteiger charge is -2.17. The molecule has 3 rings (SSSR count). The molecule has 0 saturated carbocycles. The van der Waals surface area contributed by atoms with Gasteiger partial charge >= 0.3 is 5.91 Å². The van der Waals surface area contributed by atoms with Gasteiger partial charge in [0.15, 0.2) is 5.92 Å². The van der Waals surface area contributed by atoms with Crippen LogP contribution in [0.25, 0.3) is 0 Å². The van der Waals surface area contributed by atoms with Crippen LogP contribution in [-0.2, 0) is 19.2 Å². The van der Waals surface area contributed by atoms with Crippen LogP contribution in [0.4, 0.5) is 11.4 Å². The lowest BCUT2D eigenvalue weighted by molar-refractivity contribution is -0.139. The first-order valence-electron chi connectivity index (χ1n) is 7.98. The number of carbonyl (C=O) groups excluding carboxylic acids is 4. The van der Waals surface area contributed by atoms with Crippen LogP contribution in [0, 0.1) is 5.92 Å². The van der Waals surface area contributed by atoms with Crippen molar-refractivity contribution in [2.75, 3.05) is 24.4 Å². The Kier molecular flexibility index (Phi) is 4.89. The Morgan fingerprint density at radius 3 is 2.19 bits per heavy atom. The summed E-state index contributed by atoms with van der Waals surface area (Å²) in [5, 5.41) is 2.47. The average molecular weight is 368 g/mol. The third kappa shape index (κ3) is 3.12. The molecule has 1 aliphatic heterocycles. The van der Waals surface area contributed by atoms with Crippen molar-refractivity contribution in [2.24, 2.45) is 5.92 Å². The minimum Gasteiger partial charge on any atom is -0.495 e. The van der Waals surface area contributed by atoms with E-state index in [-0.39, 0.29) is 17.1 Å². The lowest BCUT2D eigenvalue weighted by Crippen LogP contribution is -2.35. The molecule has 0 aliphatic carbocycles. The maximum Gasteiger partial charge on any atom is 0.302 e. The molecule has 8 heteroatoms. The fourth-order valence-corrected chi connectivity index (χ4v) is 2.80. The molecular weight excluding hydrogens is 352 g/mol. The van der Waals surface area contributed by atoms with Crippen molar-refractivity contribution in [1.82, 2.24) is 0 Å². The summed E-state index contributed by atoms with van der Waals surface area (Å²) in [4.78, 5) is 50.7. The van der Waals surface area contributed by atoms with Gasteiger partial charge in [-0.25, -0.2) is 4.90 Å². The van der Waals surface area contributed by atoms with E-state index in [1.54, 1.807) is 42.5 Å². The lowest BCUT2D eigenvalue weighted by atomic mass is 10.1. The summed E-state index contributed by atoms with van der Waals surface area (Å²) < 4.78 is 10.3. The minimum atomic E-state index is -1.77. The number of hydrogen-bond donors (Lipinski definition) is 1. The number of anilines is 2. The summed E-state index contributed by atoms with van der Waals surface area (Å²) in [5.41, 5.74) is 0.393. The molecule has 3 amide bonds. The van der Waals surface area contributed by atoms with Gasteiger partial charge in [0.2, 0.25) is 11.7 Å². The van der Waals surface area contributed by atoms with Gasteiger partial charge in [0.05, 0.1) is 25.6 Å². The molecule has 138 valence electrons. The van der Waals surface area contributed by atoms with Gasteiger partial charge < -0.3 is 14.8 Å². The largest absolute Gasteiger partial charge is 0.495 e. The molecule has 2 aromatic rings. The first kappa shape index (κ1) is 18.1. The molecule has 0 spiro atoms. The van der Waals surface area contributed by atoms with Gasteiger partial charge in [0.25, 0.3) is 5.91 Å². The molecular formula is C19H16N2O6. The predicted molar refractivity (Wildman–Crippen MR) is 95.6 cm³/mol. The van der Waals surface area contributed by atoms with E-state index in [4.69, 9.17) is 9.47 Å². The summed E-state index contributed by atoms with van der Waals surface area (Å²) in [6.45, 7) is 0. The van der Waals surface area contributed by atoms with Crippen LogP contribution in [0.2, 0.25) is 0 Å². The van der Waals surface area contributed by atoms with E-state index in [0.717, 1.165) is 0 Å². The van der Waals surface area contributed by atoms with Crippen LogP contribution < -0.4 is 19.7 Å². The topological polar surface area (TPSA) is 102 Å². The van der Waals surface area contributed by atoms with Gasteiger partial charge in [-0.3, -0.25) is 19.2 Å². The minimum absolute atomic E-state index is 0.107. The Morgan fingerprint density at radius 1 is 0.926 bits per heavy atom. The number of amides is 3. The van der Waals surface area contributed by atoms with E-state index in [1.807, 2.05) is 0 Å². The van der Waals surface area contributed by atoms with E-state index < -0.39 is 29.4 Å². The number of ketones is 1. The molecule has 0 bridgehead atoms. The predicted octanol–water partition coefficient (Wildman–Crippen LogP) is 1.40. The van der Waals surface area contributed by atoms with Crippen molar-refractivity contribution in [2.45, 2.75) is 0 Å². The van der Waals surface area contributed by atoms with Crippen LogP contribution in [-0.4, -0.2) is 37.7 Å². The molecule has 1 saturated heterocycles. The first-order valence-corrected chi connectivity index (χ1v) is 7.98. The van der Waals surface area contributed by atoms with Crippen molar-refractivity contribution in [3.63, 3.8) is 0 Å². The Bertz CT molecular complexity index is 939. The van der Waals surface area contributed by atoms with Gasteiger partial charge in [0.1, 0.15) is 11.5 Å². The number of benzene rings is 2. The average Bonchev–Trinajstić information content (AvgIpc) is 2.90. The highest BCUT2D eigenvalue weighted by Gasteiger charge is 2.52. The summed E-state index contributed by atoms with van der Waals surface area (Å²) >= 11 is 0. The number of rotatable bonds is 5. The fraction of sp³-hybridized carbons (Fsp3) is 0.158. The zero-order valence-corrected chi connectivity index (χ0v) is 14.6. The number of carbonyl (C=O) groups is 4. The van der Waals surface area contributed by atoms with Gasteiger partial charge in [-0.05, 0) is 24.3 Å². The van der Waals surface area contributed by atoms with E-state index >= 15 is 0 Å². The van der Waals surface area contributed by atoms with Crippen molar-refractivity contribution < 1.29 is 28.7 Å². The molecule has 1 N–H and O–H groups in total. The molecule has 2 aromatic carbocycles. The van der Waals surface area contributed by atoms with Crippen molar-refractivity contribution in [3.05, 3.63) is 48.5 Å². The van der Waals surface area contributed by atoms with E-state index in [1.165, 1.54) is 20.3 Å². The van der Waals surface area contributed by atoms with Crippen LogP contribution in [0.1, 0.15) is 0 Å². The zero-order chi connectivity index (χ0) is 19.6. The van der Waals surface area contributed by atoms with E-state index in [9.17, 15) is 19.2 Å². The smallest absolute Gasteiger partial charge is 0.302 e. The molecule has 0 radical (unpaired) electrons. The summed E-state index contributed by atoms with van der Waals surface area (Å²) in [7, 11) is 2.79. The summed E-state index contributed by atoms with van der Waals surface area (Å²) in [6, 6.07) is 12.8. The second-order valence-electron chi connectivity index (χ2n) is 5.64. The number of methoxy groups -OCH3 is 2. The normalized spacial score (nSPS) is 16.4. The SMILES string of the molecule is COc1ccccc1NC(=O)[C@H]1C(=O)C(=O)N(c2ccccc2OC)C1=O. The van der Waals surface area contributed by atoms with Crippen LogP contribution >= 0.6 is 0 Å². The second-order valence-corrected chi connectivity index (χ2v) is 5.64. The maximum absolute atomic E-state index is 12.7. The third-order valence-electron chi connectivity index (χ3n) is 4.10. The Balaban J connectivity index is 1.91. The molecule has 1 fully saturated rings. The Labute approximate surface area is 154 Å². The quantitative estimate of drug-likeness (QED) is 0.486. The summed E-state index contributed by atoms with van der Waals surface area (Å²) in [6.07, 6.45) is 0. The number of ether oxygens (including phenoxy) is 2. The van der Waals surface area contributed by atoms with Gasteiger partial charge in [-0.15, -0.1) is 0 Å². The Hall–Kier alpha value is -3.68. The first-order chi connectivity index (χ1) is 13.0. The number of imide groups is 1. The number of para-hydroxylation sites is 4. The van der Waals surface area contributed by atoms with Crippen molar-refractivity contribution >= 4 is 34.9 Å². The zero-order valence-electron chi connectivity index (χ0n) is 14.6. The molecule has 0 aromatic heterocycles. The third-order valence-corrected chi connectivity index (χ3v) is 4.10.